The maximum absolute atomic E-state index is 13.5. The van der Waals surface area contributed by atoms with Gasteiger partial charge in [0, 0.05) is 5.02 Å². The molecule has 160 valence electrons. The van der Waals surface area contributed by atoms with Crippen molar-refractivity contribution in [2.45, 2.75) is 30.8 Å². The summed E-state index contributed by atoms with van der Waals surface area (Å²) >= 11 is 5.90. The third-order valence-electron chi connectivity index (χ3n) is 5.07. The van der Waals surface area contributed by atoms with Gasteiger partial charge in [0.25, 0.3) is 5.91 Å². The van der Waals surface area contributed by atoms with Crippen LogP contribution in [-0.4, -0.2) is 30.6 Å². The molecule has 0 spiro atoms. The number of rotatable bonds is 6. The second-order valence-electron chi connectivity index (χ2n) is 7.21. The average Bonchev–Trinajstić information content (AvgIpc) is 3.35. The number of carbonyl (C=O) groups is 2. The Bertz CT molecular complexity index is 1210. The molecule has 31 heavy (non-hydrogen) atoms. The van der Waals surface area contributed by atoms with Crippen LogP contribution in [-0.2, 0) is 26.2 Å². The van der Waals surface area contributed by atoms with Crippen LogP contribution in [0.15, 0.2) is 76.2 Å². The molecule has 9 heteroatoms. The highest BCUT2D eigenvalue weighted by Gasteiger charge is 2.47. The van der Waals surface area contributed by atoms with Gasteiger partial charge in [-0.25, -0.2) is 13.3 Å². The van der Waals surface area contributed by atoms with Gasteiger partial charge in [-0.1, -0.05) is 29.3 Å². The number of hydrogen-bond acceptors (Lipinski definition) is 5. The van der Waals surface area contributed by atoms with Gasteiger partial charge < -0.3 is 4.42 Å². The molecule has 7 nitrogen and oxygen atoms in total. The molecule has 1 atom stereocenters. The van der Waals surface area contributed by atoms with E-state index in [4.69, 9.17) is 16.0 Å². The molecule has 0 bridgehead atoms. The summed E-state index contributed by atoms with van der Waals surface area (Å²) in [5, 5.41) is 0.459. The minimum Gasteiger partial charge on any atom is -0.468 e. The molecule has 2 heterocycles. The number of anilines is 1. The fourth-order valence-corrected chi connectivity index (χ4v) is 5.14. The third kappa shape index (κ3) is 4.14. The van der Waals surface area contributed by atoms with E-state index < -0.39 is 27.9 Å². The van der Waals surface area contributed by atoms with Gasteiger partial charge in [-0.3, -0.25) is 9.59 Å². The highest BCUT2D eigenvalue weighted by atomic mass is 35.5. The molecule has 0 N–H and O–H groups in total. The van der Waals surface area contributed by atoms with Crippen molar-refractivity contribution < 1.29 is 22.4 Å². The topological polar surface area (TPSA) is 87.9 Å². The zero-order valence-corrected chi connectivity index (χ0v) is 18.1. The lowest BCUT2D eigenvalue weighted by atomic mass is 10.2. The normalized spacial score (nSPS) is 17.0. The van der Waals surface area contributed by atoms with Crippen molar-refractivity contribution in [1.82, 2.24) is 4.31 Å². The number of nitrogens with zero attached hydrogens (tertiary/aromatic N) is 2. The van der Waals surface area contributed by atoms with Crippen LogP contribution in [0.25, 0.3) is 0 Å². The van der Waals surface area contributed by atoms with E-state index in [0.29, 0.717) is 16.5 Å². The number of sulfonamides is 1. The Morgan fingerprint density at radius 3 is 2.35 bits per heavy atom. The van der Waals surface area contributed by atoms with Crippen LogP contribution >= 0.6 is 11.6 Å². The monoisotopic (exact) mass is 458 g/mol. The van der Waals surface area contributed by atoms with Gasteiger partial charge in [0.15, 0.2) is 0 Å². The second kappa shape index (κ2) is 8.30. The highest BCUT2D eigenvalue weighted by molar-refractivity contribution is 7.89. The molecular formula is C22H19ClN2O5S. The van der Waals surface area contributed by atoms with Gasteiger partial charge in [-0.05, 0) is 55.5 Å². The third-order valence-corrected chi connectivity index (χ3v) is 7.20. The van der Waals surface area contributed by atoms with E-state index in [1.165, 1.54) is 18.4 Å². The number of halogens is 1. The summed E-state index contributed by atoms with van der Waals surface area (Å²) in [4.78, 5) is 27.0. The number of benzene rings is 2. The van der Waals surface area contributed by atoms with Crippen LogP contribution in [0.5, 0.6) is 0 Å². The maximum atomic E-state index is 13.5. The number of furan rings is 1. The lowest BCUT2D eigenvalue weighted by Gasteiger charge is -2.26. The first-order chi connectivity index (χ1) is 14.8. The zero-order valence-electron chi connectivity index (χ0n) is 16.6. The first kappa shape index (κ1) is 21.3. The predicted molar refractivity (Wildman–Crippen MR) is 115 cm³/mol. The smallest absolute Gasteiger partial charge is 0.252 e. The van der Waals surface area contributed by atoms with Crippen molar-refractivity contribution in [3.8, 4) is 0 Å². The summed E-state index contributed by atoms with van der Waals surface area (Å²) in [7, 11) is -4.09. The van der Waals surface area contributed by atoms with Crippen LogP contribution in [0.3, 0.4) is 0 Å². The summed E-state index contributed by atoms with van der Waals surface area (Å²) in [5.74, 6) is -0.740. The minimum atomic E-state index is -4.09. The van der Waals surface area contributed by atoms with Gasteiger partial charge in [0.2, 0.25) is 15.9 Å². The van der Waals surface area contributed by atoms with E-state index in [2.05, 4.69) is 0 Å². The van der Waals surface area contributed by atoms with Crippen molar-refractivity contribution >= 4 is 39.1 Å². The number of hydrogen-bond donors (Lipinski definition) is 0. The summed E-state index contributed by atoms with van der Waals surface area (Å²) in [6, 6.07) is 14.6. The zero-order chi connectivity index (χ0) is 22.2. The van der Waals surface area contributed by atoms with E-state index in [0.717, 1.165) is 14.8 Å². The van der Waals surface area contributed by atoms with Crippen molar-refractivity contribution in [2.75, 3.05) is 4.90 Å². The van der Waals surface area contributed by atoms with Crippen molar-refractivity contribution in [3.05, 3.63) is 83.3 Å². The molecule has 4 rings (SSSR count). The largest absolute Gasteiger partial charge is 0.468 e. The Labute approximate surface area is 184 Å². The van der Waals surface area contributed by atoms with E-state index in [-0.39, 0.29) is 17.9 Å². The molecule has 0 aliphatic carbocycles. The molecule has 1 aliphatic heterocycles. The van der Waals surface area contributed by atoms with Gasteiger partial charge >= 0.3 is 0 Å². The molecule has 1 saturated heterocycles. The molecule has 2 aromatic carbocycles. The predicted octanol–water partition coefficient (Wildman–Crippen LogP) is 3.76. The number of amides is 2. The standard InChI is InChI=1S/C22H19ClN2O5S/c1-15-4-10-19(11-5-15)31(28,29)24(14-18-3-2-12-30-18)20-13-21(26)25(22(20)27)17-8-6-16(23)7-9-17/h2-12,20H,13-14H2,1H3. The first-order valence-electron chi connectivity index (χ1n) is 9.50. The van der Waals surface area contributed by atoms with E-state index in [1.807, 2.05) is 6.92 Å². The van der Waals surface area contributed by atoms with Crippen LogP contribution in [0.2, 0.25) is 5.02 Å². The fraction of sp³-hybridized carbons (Fsp3) is 0.182. The van der Waals surface area contributed by atoms with Crippen LogP contribution < -0.4 is 4.90 Å². The number of carbonyl (C=O) groups excluding carboxylic acids is 2. The lowest BCUT2D eigenvalue weighted by Crippen LogP contribution is -2.45. The lowest BCUT2D eigenvalue weighted by molar-refractivity contribution is -0.122. The summed E-state index contributed by atoms with van der Waals surface area (Å²) in [6.45, 7) is 1.67. The Morgan fingerprint density at radius 2 is 1.74 bits per heavy atom. The summed E-state index contributed by atoms with van der Waals surface area (Å²) in [5.41, 5.74) is 1.24. The van der Waals surface area contributed by atoms with Gasteiger partial charge in [0.05, 0.1) is 29.8 Å². The Kier molecular flexibility index (Phi) is 5.70. The highest BCUT2D eigenvalue weighted by Crippen LogP contribution is 2.31. The van der Waals surface area contributed by atoms with Gasteiger partial charge in [-0.2, -0.15) is 4.31 Å². The molecule has 0 radical (unpaired) electrons. The van der Waals surface area contributed by atoms with E-state index in [9.17, 15) is 18.0 Å². The van der Waals surface area contributed by atoms with Crippen LogP contribution in [0, 0.1) is 6.92 Å². The molecule has 1 aromatic heterocycles. The maximum Gasteiger partial charge on any atom is 0.252 e. The van der Waals surface area contributed by atoms with Crippen molar-refractivity contribution in [2.24, 2.45) is 0 Å². The molecular weight excluding hydrogens is 440 g/mol. The van der Waals surface area contributed by atoms with Crippen LogP contribution in [0.4, 0.5) is 5.69 Å². The molecule has 1 aliphatic rings. The Hall–Kier alpha value is -2.94. The average molecular weight is 459 g/mol. The molecule has 1 fully saturated rings. The quantitative estimate of drug-likeness (QED) is 0.525. The van der Waals surface area contributed by atoms with Crippen molar-refractivity contribution in [1.29, 1.82) is 0 Å². The second-order valence-corrected chi connectivity index (χ2v) is 9.53. The van der Waals surface area contributed by atoms with E-state index in [1.54, 1.807) is 48.5 Å². The minimum absolute atomic E-state index is 0.0369. The molecule has 0 saturated carbocycles. The SMILES string of the molecule is Cc1ccc(S(=O)(=O)N(Cc2ccco2)C2CC(=O)N(c3ccc(Cl)cc3)C2=O)cc1. The van der Waals surface area contributed by atoms with Gasteiger partial charge in [-0.15, -0.1) is 0 Å². The van der Waals surface area contributed by atoms with E-state index >= 15 is 0 Å². The molecule has 2 amide bonds. The Balaban J connectivity index is 1.73. The summed E-state index contributed by atoms with van der Waals surface area (Å²) in [6.07, 6.45) is 1.15. The number of imide groups is 1. The molecule has 3 aromatic rings. The molecule has 1 unspecified atom stereocenters. The number of aryl methyl sites for hydroxylation is 1. The summed E-state index contributed by atoms with van der Waals surface area (Å²) < 4.78 is 33.3. The first-order valence-corrected chi connectivity index (χ1v) is 11.3. The fourth-order valence-electron chi connectivity index (χ4n) is 3.47. The van der Waals surface area contributed by atoms with Gasteiger partial charge in [0.1, 0.15) is 11.8 Å². The van der Waals surface area contributed by atoms with Crippen LogP contribution in [0.1, 0.15) is 17.7 Å². The van der Waals surface area contributed by atoms with Crippen molar-refractivity contribution in [3.63, 3.8) is 0 Å². The Morgan fingerprint density at radius 1 is 1.06 bits per heavy atom.